The molecule has 0 unspecified atom stereocenters. The van der Waals surface area contributed by atoms with Gasteiger partial charge in [-0.3, -0.25) is 9.78 Å². The van der Waals surface area contributed by atoms with E-state index in [0.717, 1.165) is 0 Å². The molecule has 6 heteroatoms. The third kappa shape index (κ3) is 5.70. The van der Waals surface area contributed by atoms with Crippen molar-refractivity contribution < 1.29 is 29.1 Å². The van der Waals surface area contributed by atoms with Crippen LogP contribution >= 0.6 is 0 Å². The van der Waals surface area contributed by atoms with E-state index in [2.05, 4.69) is 0 Å². The summed E-state index contributed by atoms with van der Waals surface area (Å²) in [6.07, 6.45) is -1.10. The van der Waals surface area contributed by atoms with Crippen molar-refractivity contribution in [3.8, 4) is 0 Å². The maximum absolute atomic E-state index is 11.9. The lowest BCUT2D eigenvalue weighted by Crippen LogP contribution is -2.34. The summed E-state index contributed by atoms with van der Waals surface area (Å²) in [6.45, 7) is 5.35. The molecule has 0 heterocycles. The van der Waals surface area contributed by atoms with Crippen molar-refractivity contribution in [3.63, 3.8) is 0 Å². The average Bonchev–Trinajstić information content (AvgIpc) is 2.61. The predicted molar refractivity (Wildman–Crippen MR) is 89.1 cm³/mol. The third-order valence-electron chi connectivity index (χ3n) is 3.15. The van der Waals surface area contributed by atoms with Gasteiger partial charge in [0.2, 0.25) is 0 Å². The normalized spacial score (nSPS) is 11.2. The lowest BCUT2D eigenvalue weighted by Gasteiger charge is -2.26. The SMILES string of the molecule is CC(C)(C)C(OOC(=O)c1ccccc1)OOC(=O)c1ccccc1. The van der Waals surface area contributed by atoms with Crippen LogP contribution < -0.4 is 0 Å². The van der Waals surface area contributed by atoms with E-state index in [-0.39, 0.29) is 0 Å². The Hall–Kier alpha value is -2.70. The Balaban J connectivity index is 1.93. The molecule has 132 valence electrons. The van der Waals surface area contributed by atoms with Crippen LogP contribution in [0.25, 0.3) is 0 Å². The van der Waals surface area contributed by atoms with Crippen molar-refractivity contribution >= 4 is 11.9 Å². The van der Waals surface area contributed by atoms with Crippen LogP contribution in [0.15, 0.2) is 60.7 Å². The smallest absolute Gasteiger partial charge is 0.290 e. The minimum atomic E-state index is -1.10. The second-order valence-corrected chi connectivity index (χ2v) is 6.36. The molecule has 0 aromatic heterocycles. The Morgan fingerprint density at radius 3 is 1.40 bits per heavy atom. The van der Waals surface area contributed by atoms with Crippen LogP contribution in [0.2, 0.25) is 0 Å². The summed E-state index contributed by atoms with van der Waals surface area (Å²) in [5.41, 5.74) is 0.0429. The summed E-state index contributed by atoms with van der Waals surface area (Å²) in [7, 11) is 0. The number of hydrogen-bond donors (Lipinski definition) is 0. The van der Waals surface area contributed by atoms with E-state index in [4.69, 9.17) is 19.6 Å². The largest absolute Gasteiger partial charge is 0.373 e. The van der Waals surface area contributed by atoms with Crippen LogP contribution in [-0.4, -0.2) is 18.2 Å². The molecule has 0 amide bonds. The first kappa shape index (κ1) is 18.6. The number of carbonyl (C=O) groups is 2. The molecule has 0 saturated carbocycles. The van der Waals surface area contributed by atoms with E-state index in [9.17, 15) is 9.59 Å². The quantitative estimate of drug-likeness (QED) is 0.449. The molecular weight excluding hydrogens is 324 g/mol. The van der Waals surface area contributed by atoms with Crippen LogP contribution in [0, 0.1) is 5.41 Å². The summed E-state index contributed by atoms with van der Waals surface area (Å²) >= 11 is 0. The molecular formula is C19H20O6. The second-order valence-electron chi connectivity index (χ2n) is 6.36. The lowest BCUT2D eigenvalue weighted by molar-refractivity contribution is -0.442. The fraction of sp³-hybridized carbons (Fsp3) is 0.263. The Labute approximate surface area is 146 Å². The summed E-state index contributed by atoms with van der Waals surface area (Å²) in [5, 5.41) is 0. The van der Waals surface area contributed by atoms with Crippen molar-refractivity contribution in [3.05, 3.63) is 71.8 Å². The van der Waals surface area contributed by atoms with Gasteiger partial charge in [0.1, 0.15) is 0 Å². The first-order chi connectivity index (χ1) is 11.9. The number of rotatable bonds is 6. The van der Waals surface area contributed by atoms with Crippen LogP contribution in [-0.2, 0) is 19.6 Å². The van der Waals surface area contributed by atoms with Crippen molar-refractivity contribution in [2.24, 2.45) is 5.41 Å². The molecule has 0 saturated heterocycles. The highest BCUT2D eigenvalue weighted by Gasteiger charge is 2.32. The Morgan fingerprint density at radius 1 is 0.720 bits per heavy atom. The summed E-state index contributed by atoms with van der Waals surface area (Å²) in [4.78, 5) is 43.6. The van der Waals surface area contributed by atoms with E-state index < -0.39 is 23.6 Å². The zero-order valence-corrected chi connectivity index (χ0v) is 14.3. The standard InChI is InChI=1S/C19H20O6/c1-19(2,3)18(24-22-16(20)14-10-6-4-7-11-14)25-23-17(21)15-12-8-5-9-13-15/h4-13,18H,1-3H3. The maximum atomic E-state index is 11.9. The molecule has 0 N–H and O–H groups in total. The second kappa shape index (κ2) is 8.41. The van der Waals surface area contributed by atoms with Crippen molar-refractivity contribution in [2.75, 3.05) is 0 Å². The molecule has 0 aliphatic heterocycles. The average molecular weight is 344 g/mol. The first-order valence-corrected chi connectivity index (χ1v) is 7.73. The van der Waals surface area contributed by atoms with E-state index >= 15 is 0 Å². The van der Waals surface area contributed by atoms with Gasteiger partial charge in [-0.05, 0) is 24.3 Å². The number of benzene rings is 2. The van der Waals surface area contributed by atoms with Crippen molar-refractivity contribution in [2.45, 2.75) is 27.1 Å². The zero-order valence-electron chi connectivity index (χ0n) is 14.3. The zero-order chi connectivity index (χ0) is 18.3. The van der Waals surface area contributed by atoms with Gasteiger partial charge in [-0.2, -0.15) is 0 Å². The van der Waals surface area contributed by atoms with Crippen LogP contribution in [0.1, 0.15) is 41.5 Å². The van der Waals surface area contributed by atoms with Gasteiger partial charge in [0.25, 0.3) is 6.29 Å². The van der Waals surface area contributed by atoms with Gasteiger partial charge in [0.05, 0.1) is 11.1 Å². The summed E-state index contributed by atoms with van der Waals surface area (Å²) in [6, 6.07) is 16.7. The molecule has 0 aliphatic rings. The highest BCUT2D eigenvalue weighted by atomic mass is 17.3. The monoisotopic (exact) mass is 344 g/mol. The molecule has 0 bridgehead atoms. The summed E-state index contributed by atoms with van der Waals surface area (Å²) < 4.78 is 0. The number of carbonyl (C=O) groups excluding carboxylic acids is 2. The van der Waals surface area contributed by atoms with Gasteiger partial charge in [-0.25, -0.2) is 9.59 Å². The first-order valence-electron chi connectivity index (χ1n) is 7.73. The lowest BCUT2D eigenvalue weighted by atomic mass is 9.96. The van der Waals surface area contributed by atoms with Crippen LogP contribution in [0.3, 0.4) is 0 Å². The van der Waals surface area contributed by atoms with Gasteiger partial charge in [0.15, 0.2) is 0 Å². The van der Waals surface area contributed by atoms with E-state index in [1.165, 1.54) is 0 Å². The van der Waals surface area contributed by atoms with Gasteiger partial charge in [0, 0.05) is 5.41 Å². The van der Waals surface area contributed by atoms with Gasteiger partial charge < -0.3 is 0 Å². The van der Waals surface area contributed by atoms with Crippen molar-refractivity contribution in [1.82, 2.24) is 0 Å². The highest BCUT2D eigenvalue weighted by Crippen LogP contribution is 2.24. The Bertz CT molecular complexity index is 635. The van der Waals surface area contributed by atoms with Crippen LogP contribution in [0.4, 0.5) is 0 Å². The Kier molecular flexibility index (Phi) is 6.27. The van der Waals surface area contributed by atoms with E-state index in [1.54, 1.807) is 81.4 Å². The number of hydrogen-bond acceptors (Lipinski definition) is 6. The molecule has 0 atom stereocenters. The third-order valence-corrected chi connectivity index (χ3v) is 3.15. The van der Waals surface area contributed by atoms with Gasteiger partial charge >= 0.3 is 11.9 Å². The molecule has 0 aliphatic carbocycles. The molecule has 0 spiro atoms. The van der Waals surface area contributed by atoms with Crippen LogP contribution in [0.5, 0.6) is 0 Å². The molecule has 25 heavy (non-hydrogen) atoms. The topological polar surface area (TPSA) is 71.1 Å². The minimum absolute atomic E-state index is 0.330. The fourth-order valence-corrected chi connectivity index (χ4v) is 1.72. The van der Waals surface area contributed by atoms with Gasteiger partial charge in [-0.1, -0.05) is 57.2 Å². The minimum Gasteiger partial charge on any atom is -0.290 e. The molecule has 2 aromatic carbocycles. The molecule has 2 aromatic rings. The summed E-state index contributed by atoms with van der Waals surface area (Å²) in [5.74, 6) is -1.35. The van der Waals surface area contributed by atoms with Gasteiger partial charge in [-0.15, -0.1) is 9.78 Å². The highest BCUT2D eigenvalue weighted by molar-refractivity contribution is 5.89. The maximum Gasteiger partial charge on any atom is 0.373 e. The van der Waals surface area contributed by atoms with Crippen molar-refractivity contribution in [1.29, 1.82) is 0 Å². The fourth-order valence-electron chi connectivity index (χ4n) is 1.72. The molecule has 6 nitrogen and oxygen atoms in total. The Morgan fingerprint density at radius 2 is 1.08 bits per heavy atom. The molecule has 0 radical (unpaired) electrons. The van der Waals surface area contributed by atoms with E-state index in [0.29, 0.717) is 11.1 Å². The molecule has 0 fully saturated rings. The predicted octanol–water partition coefficient (Wildman–Crippen LogP) is 3.94. The van der Waals surface area contributed by atoms with E-state index in [1.807, 2.05) is 0 Å². The molecule has 2 rings (SSSR count).